The molecule has 0 atom stereocenters. The first-order chi connectivity index (χ1) is 12.6. The summed E-state index contributed by atoms with van der Waals surface area (Å²) >= 11 is 0. The minimum absolute atomic E-state index is 0.285. The van der Waals surface area contributed by atoms with Gasteiger partial charge in [0.2, 0.25) is 5.96 Å². The van der Waals surface area contributed by atoms with Crippen LogP contribution in [0.15, 0.2) is 52.1 Å². The zero-order valence-electron chi connectivity index (χ0n) is 13.8. The summed E-state index contributed by atoms with van der Waals surface area (Å²) < 4.78 is 0. The van der Waals surface area contributed by atoms with E-state index in [-0.39, 0.29) is 5.91 Å². The quantitative estimate of drug-likeness (QED) is 0.389. The van der Waals surface area contributed by atoms with Gasteiger partial charge in [-0.15, -0.1) is 0 Å². The van der Waals surface area contributed by atoms with Crippen molar-refractivity contribution in [3.8, 4) is 0 Å². The molecule has 2 aliphatic rings. The van der Waals surface area contributed by atoms with E-state index in [1.807, 2.05) is 24.4 Å². The molecule has 0 bridgehead atoms. The van der Waals surface area contributed by atoms with E-state index in [9.17, 15) is 4.79 Å². The van der Waals surface area contributed by atoms with Crippen molar-refractivity contribution >= 4 is 47.4 Å². The van der Waals surface area contributed by atoms with Crippen molar-refractivity contribution in [3.05, 3.63) is 58.8 Å². The van der Waals surface area contributed by atoms with Crippen LogP contribution in [0, 0.1) is 5.41 Å². The predicted molar refractivity (Wildman–Crippen MR) is 104 cm³/mol. The van der Waals surface area contributed by atoms with E-state index in [0.29, 0.717) is 22.9 Å². The van der Waals surface area contributed by atoms with Crippen LogP contribution in [0.2, 0.25) is 0 Å². The van der Waals surface area contributed by atoms with Crippen molar-refractivity contribution in [2.75, 3.05) is 11.1 Å². The molecule has 128 valence electrons. The summed E-state index contributed by atoms with van der Waals surface area (Å²) in [6, 6.07) is 11.1. The van der Waals surface area contributed by atoms with Crippen molar-refractivity contribution < 1.29 is 4.79 Å². The first-order valence-corrected chi connectivity index (χ1v) is 8.06. The number of nitrogens with zero attached hydrogens (tertiary/aromatic N) is 2. The summed E-state index contributed by atoms with van der Waals surface area (Å²) in [6.45, 7) is 0. The zero-order valence-corrected chi connectivity index (χ0v) is 13.8. The fraction of sp³-hybridized carbons (Fsp3) is 0.0526. The average Bonchev–Trinajstić information content (AvgIpc) is 3.21. The third-order valence-electron chi connectivity index (χ3n) is 4.15. The minimum Gasteiger partial charge on any atom is -0.398 e. The molecule has 1 amide bonds. The molecule has 0 radical (unpaired) electrons. The molecule has 4 rings (SSSR count). The van der Waals surface area contributed by atoms with Gasteiger partial charge in [0, 0.05) is 35.8 Å². The normalized spacial score (nSPS) is 16.4. The van der Waals surface area contributed by atoms with Crippen LogP contribution in [0.3, 0.4) is 0 Å². The zero-order chi connectivity index (χ0) is 18.1. The molecule has 0 unspecified atom stereocenters. The molecule has 5 N–H and O–H groups in total. The van der Waals surface area contributed by atoms with E-state index in [1.54, 1.807) is 24.3 Å². The Hall–Kier alpha value is -3.74. The number of rotatable bonds is 3. The number of carbonyl (C=O) groups is 1. The Kier molecular flexibility index (Phi) is 3.81. The molecule has 2 heterocycles. The molecule has 0 aromatic heterocycles. The molecule has 7 nitrogen and oxygen atoms in total. The fourth-order valence-corrected chi connectivity index (χ4v) is 2.83. The van der Waals surface area contributed by atoms with Gasteiger partial charge in [0.15, 0.2) is 0 Å². The number of nitrogens with two attached hydrogens (primary N) is 1. The molecule has 0 aliphatic carbocycles. The van der Waals surface area contributed by atoms with E-state index < -0.39 is 0 Å². The van der Waals surface area contributed by atoms with E-state index in [2.05, 4.69) is 20.6 Å². The molecular formula is C19H16N6O. The molecule has 0 saturated heterocycles. The van der Waals surface area contributed by atoms with Crippen LogP contribution in [-0.4, -0.2) is 24.3 Å². The molecule has 2 aromatic rings. The molecule has 2 aliphatic heterocycles. The Bertz CT molecular complexity index is 1020. The summed E-state index contributed by atoms with van der Waals surface area (Å²) in [6.07, 6.45) is 5.53. The number of nitrogen functional groups attached to an aromatic ring is 1. The molecule has 0 saturated carbocycles. The third kappa shape index (κ3) is 2.98. The number of guanidine groups is 1. The van der Waals surface area contributed by atoms with Crippen LogP contribution in [0.5, 0.6) is 0 Å². The van der Waals surface area contributed by atoms with Gasteiger partial charge in [0.05, 0.1) is 5.69 Å². The lowest BCUT2D eigenvalue weighted by Crippen LogP contribution is -2.29. The monoisotopic (exact) mass is 344 g/mol. The SMILES string of the molecule is N=Cc1ccc(/C=C2\N=C(Nc3ccc4c(c3)CC=N4)NC2=O)cc1N. The lowest BCUT2D eigenvalue weighted by Gasteiger charge is -2.06. The van der Waals surface area contributed by atoms with Gasteiger partial charge in [-0.3, -0.25) is 15.1 Å². The molecule has 0 spiro atoms. The van der Waals surface area contributed by atoms with Gasteiger partial charge in [-0.2, -0.15) is 0 Å². The number of amides is 1. The van der Waals surface area contributed by atoms with Gasteiger partial charge in [-0.05, 0) is 41.5 Å². The van der Waals surface area contributed by atoms with Crippen LogP contribution in [0.4, 0.5) is 17.1 Å². The number of carbonyl (C=O) groups excluding carboxylic acids is 1. The third-order valence-corrected chi connectivity index (χ3v) is 4.15. The Morgan fingerprint density at radius 1 is 1.23 bits per heavy atom. The number of hydrogen-bond acceptors (Lipinski definition) is 6. The maximum absolute atomic E-state index is 12.2. The second-order valence-electron chi connectivity index (χ2n) is 5.96. The topological polar surface area (TPSA) is 116 Å². The lowest BCUT2D eigenvalue weighted by molar-refractivity contribution is -0.115. The Balaban J connectivity index is 1.55. The first kappa shape index (κ1) is 15.8. The second kappa shape index (κ2) is 6.29. The summed E-state index contributed by atoms with van der Waals surface area (Å²) in [5.74, 6) is 0.0934. The number of anilines is 2. The van der Waals surface area contributed by atoms with Gasteiger partial charge in [-0.1, -0.05) is 12.1 Å². The van der Waals surface area contributed by atoms with E-state index >= 15 is 0 Å². The summed E-state index contributed by atoms with van der Waals surface area (Å²) in [7, 11) is 0. The van der Waals surface area contributed by atoms with E-state index in [4.69, 9.17) is 11.1 Å². The maximum Gasteiger partial charge on any atom is 0.276 e. The first-order valence-electron chi connectivity index (χ1n) is 8.06. The van der Waals surface area contributed by atoms with Gasteiger partial charge in [0.25, 0.3) is 5.91 Å². The van der Waals surface area contributed by atoms with E-state index in [1.165, 1.54) is 6.21 Å². The van der Waals surface area contributed by atoms with Gasteiger partial charge >= 0.3 is 0 Å². The number of fused-ring (bicyclic) bond motifs is 1. The van der Waals surface area contributed by atoms with Gasteiger partial charge in [0.1, 0.15) is 5.70 Å². The highest BCUT2D eigenvalue weighted by molar-refractivity contribution is 6.17. The predicted octanol–water partition coefficient (Wildman–Crippen LogP) is 2.46. The average molecular weight is 344 g/mol. The number of aliphatic imine (C=N–C) groups is 2. The summed E-state index contributed by atoms with van der Waals surface area (Å²) in [4.78, 5) is 20.7. The largest absolute Gasteiger partial charge is 0.398 e. The van der Waals surface area contributed by atoms with E-state index in [0.717, 1.165) is 28.9 Å². The van der Waals surface area contributed by atoms with Gasteiger partial charge < -0.3 is 16.5 Å². The van der Waals surface area contributed by atoms with Crippen LogP contribution < -0.4 is 16.4 Å². The van der Waals surface area contributed by atoms with Crippen molar-refractivity contribution in [1.82, 2.24) is 5.32 Å². The van der Waals surface area contributed by atoms with Crippen LogP contribution in [0.25, 0.3) is 6.08 Å². The molecule has 2 aromatic carbocycles. The number of hydrogen-bond donors (Lipinski definition) is 4. The second-order valence-corrected chi connectivity index (χ2v) is 5.96. The number of nitrogens with one attached hydrogen (secondary N) is 3. The van der Waals surface area contributed by atoms with Crippen molar-refractivity contribution in [1.29, 1.82) is 5.41 Å². The standard InChI is InChI=1S/C19H16N6O/c20-10-13-2-1-11(7-15(13)21)8-17-18(26)25-19(24-17)23-14-3-4-16-12(9-14)5-6-22-16/h1-4,6-10,20H,5,21H2,(H2,23,24,25,26)/b17-8-,20-10?. The van der Waals surface area contributed by atoms with Crippen molar-refractivity contribution in [3.63, 3.8) is 0 Å². The van der Waals surface area contributed by atoms with Crippen LogP contribution in [0.1, 0.15) is 16.7 Å². The highest BCUT2D eigenvalue weighted by atomic mass is 16.2. The minimum atomic E-state index is -0.285. The molecule has 7 heteroatoms. The fourth-order valence-electron chi connectivity index (χ4n) is 2.83. The Morgan fingerprint density at radius 3 is 2.92 bits per heavy atom. The lowest BCUT2D eigenvalue weighted by atomic mass is 10.1. The smallest absolute Gasteiger partial charge is 0.276 e. The Labute approximate surface area is 149 Å². The molecular weight excluding hydrogens is 328 g/mol. The molecule has 0 fully saturated rings. The van der Waals surface area contributed by atoms with Crippen LogP contribution in [-0.2, 0) is 11.2 Å². The number of benzene rings is 2. The van der Waals surface area contributed by atoms with Crippen molar-refractivity contribution in [2.24, 2.45) is 9.98 Å². The summed E-state index contributed by atoms with van der Waals surface area (Å²) in [5, 5.41) is 13.1. The Morgan fingerprint density at radius 2 is 2.12 bits per heavy atom. The molecule has 26 heavy (non-hydrogen) atoms. The highest BCUT2D eigenvalue weighted by Gasteiger charge is 2.20. The maximum atomic E-state index is 12.2. The van der Waals surface area contributed by atoms with Crippen LogP contribution >= 0.6 is 0 Å². The summed E-state index contributed by atoms with van der Waals surface area (Å²) in [5.41, 5.74) is 11.0. The highest BCUT2D eigenvalue weighted by Crippen LogP contribution is 2.27. The van der Waals surface area contributed by atoms with Gasteiger partial charge in [-0.25, -0.2) is 4.99 Å². The van der Waals surface area contributed by atoms with Crippen molar-refractivity contribution in [2.45, 2.75) is 6.42 Å².